The summed E-state index contributed by atoms with van der Waals surface area (Å²) in [4.78, 5) is 14.4. The van der Waals surface area contributed by atoms with Crippen LogP contribution < -0.4 is 11.1 Å². The van der Waals surface area contributed by atoms with E-state index in [0.717, 1.165) is 25.9 Å². The van der Waals surface area contributed by atoms with Gasteiger partial charge in [-0.15, -0.1) is 0 Å². The van der Waals surface area contributed by atoms with Crippen molar-refractivity contribution < 1.29 is 4.79 Å². The molecule has 4 heteroatoms. The highest BCUT2D eigenvalue weighted by molar-refractivity contribution is 5.81. The molecule has 120 valence electrons. The van der Waals surface area contributed by atoms with Crippen LogP contribution in [0.25, 0.3) is 0 Å². The van der Waals surface area contributed by atoms with E-state index in [1.165, 1.54) is 0 Å². The fourth-order valence-electron chi connectivity index (χ4n) is 2.61. The van der Waals surface area contributed by atoms with Crippen LogP contribution in [0.5, 0.6) is 0 Å². The van der Waals surface area contributed by atoms with Crippen molar-refractivity contribution in [1.82, 2.24) is 10.2 Å². The van der Waals surface area contributed by atoms with E-state index >= 15 is 0 Å². The van der Waals surface area contributed by atoms with E-state index in [1.54, 1.807) is 0 Å². The molecule has 0 saturated heterocycles. The Morgan fingerprint density at radius 3 is 1.95 bits per heavy atom. The van der Waals surface area contributed by atoms with Gasteiger partial charge in [-0.05, 0) is 37.8 Å². The van der Waals surface area contributed by atoms with E-state index in [2.05, 4.69) is 51.8 Å². The summed E-state index contributed by atoms with van der Waals surface area (Å²) in [5, 5.41) is 3.04. The van der Waals surface area contributed by atoms with Crippen LogP contribution >= 0.6 is 0 Å². The summed E-state index contributed by atoms with van der Waals surface area (Å²) in [5.41, 5.74) is 5.92. The van der Waals surface area contributed by atoms with Gasteiger partial charge in [-0.1, -0.05) is 41.5 Å². The first kappa shape index (κ1) is 19.4. The van der Waals surface area contributed by atoms with Gasteiger partial charge in [0.2, 0.25) is 5.91 Å². The van der Waals surface area contributed by atoms with E-state index in [1.807, 2.05) is 0 Å². The van der Waals surface area contributed by atoms with E-state index < -0.39 is 0 Å². The van der Waals surface area contributed by atoms with E-state index in [9.17, 15) is 4.79 Å². The number of nitrogens with one attached hydrogen (secondary N) is 1. The molecule has 4 nitrogen and oxygen atoms in total. The number of carbonyl (C=O) groups excluding carboxylic acids is 1. The van der Waals surface area contributed by atoms with Gasteiger partial charge in [0.1, 0.15) is 0 Å². The van der Waals surface area contributed by atoms with Crippen molar-refractivity contribution in [2.24, 2.45) is 17.6 Å². The first-order valence-electron chi connectivity index (χ1n) is 8.09. The third-order valence-corrected chi connectivity index (χ3v) is 3.65. The van der Waals surface area contributed by atoms with Gasteiger partial charge in [0, 0.05) is 12.6 Å². The molecule has 0 aliphatic heterocycles. The topological polar surface area (TPSA) is 58.4 Å². The van der Waals surface area contributed by atoms with Crippen molar-refractivity contribution in [3.8, 4) is 0 Å². The minimum Gasteiger partial charge on any atom is -0.353 e. The second kappa shape index (κ2) is 10.2. The van der Waals surface area contributed by atoms with Gasteiger partial charge in [0.05, 0.1) is 6.04 Å². The van der Waals surface area contributed by atoms with Gasteiger partial charge in [-0.2, -0.15) is 0 Å². The predicted octanol–water partition coefficient (Wildman–Crippen LogP) is 2.23. The van der Waals surface area contributed by atoms with Crippen molar-refractivity contribution in [2.75, 3.05) is 19.6 Å². The van der Waals surface area contributed by atoms with Gasteiger partial charge in [-0.3, -0.25) is 9.69 Å². The molecular weight excluding hydrogens is 250 g/mol. The molecule has 3 N–H and O–H groups in total. The van der Waals surface area contributed by atoms with Crippen molar-refractivity contribution in [3.05, 3.63) is 0 Å². The van der Waals surface area contributed by atoms with Crippen molar-refractivity contribution in [2.45, 2.75) is 66.5 Å². The van der Waals surface area contributed by atoms with Crippen molar-refractivity contribution >= 4 is 5.91 Å². The molecule has 0 fully saturated rings. The zero-order chi connectivity index (χ0) is 15.7. The Morgan fingerprint density at radius 1 is 1.05 bits per heavy atom. The number of amides is 1. The minimum absolute atomic E-state index is 0.0142. The zero-order valence-corrected chi connectivity index (χ0v) is 14.3. The van der Waals surface area contributed by atoms with Crippen LogP contribution in [-0.4, -0.2) is 42.5 Å². The Kier molecular flexibility index (Phi) is 9.86. The second-order valence-electron chi connectivity index (χ2n) is 6.49. The maximum atomic E-state index is 12.0. The van der Waals surface area contributed by atoms with Gasteiger partial charge in [-0.25, -0.2) is 0 Å². The van der Waals surface area contributed by atoms with Gasteiger partial charge < -0.3 is 11.1 Å². The van der Waals surface area contributed by atoms with Gasteiger partial charge >= 0.3 is 0 Å². The molecule has 2 atom stereocenters. The smallest absolute Gasteiger partial charge is 0.236 e. The molecule has 0 aliphatic rings. The van der Waals surface area contributed by atoms with Gasteiger partial charge in [0.15, 0.2) is 0 Å². The summed E-state index contributed by atoms with van der Waals surface area (Å²) >= 11 is 0. The summed E-state index contributed by atoms with van der Waals surface area (Å²) in [7, 11) is 0. The molecule has 1 unspecified atom stereocenters. The molecule has 20 heavy (non-hydrogen) atoms. The maximum Gasteiger partial charge on any atom is 0.236 e. The molecule has 0 aromatic carbocycles. The lowest BCUT2D eigenvalue weighted by Gasteiger charge is -2.31. The number of hydrogen-bond acceptors (Lipinski definition) is 3. The average Bonchev–Trinajstić information content (AvgIpc) is 2.35. The average molecular weight is 285 g/mol. The first-order chi connectivity index (χ1) is 9.31. The van der Waals surface area contributed by atoms with Crippen LogP contribution in [0.1, 0.15) is 54.4 Å². The highest BCUT2D eigenvalue weighted by Gasteiger charge is 2.20. The van der Waals surface area contributed by atoms with Crippen LogP contribution in [0.4, 0.5) is 0 Å². The molecule has 0 spiro atoms. The number of nitrogens with two attached hydrogens (primary N) is 1. The second-order valence-corrected chi connectivity index (χ2v) is 6.49. The molecule has 0 bridgehead atoms. The normalized spacial score (nSPS) is 14.9. The molecule has 0 saturated carbocycles. The lowest BCUT2D eigenvalue weighted by molar-refractivity contribution is -0.123. The SMILES string of the molecule is CCN(CC)C(CNC(=O)[C@@H](N)CC(C)C)CC(C)C. The van der Waals surface area contributed by atoms with E-state index in [4.69, 9.17) is 5.73 Å². The lowest BCUT2D eigenvalue weighted by Crippen LogP contribution is -2.48. The Labute approximate surface area is 125 Å². The Hall–Kier alpha value is -0.610. The van der Waals surface area contributed by atoms with Crippen LogP contribution in [0.2, 0.25) is 0 Å². The third kappa shape index (κ3) is 7.85. The van der Waals surface area contributed by atoms with Crippen LogP contribution in [0, 0.1) is 11.8 Å². The Bertz CT molecular complexity index is 262. The number of nitrogens with zero attached hydrogens (tertiary/aromatic N) is 1. The van der Waals surface area contributed by atoms with Crippen molar-refractivity contribution in [1.29, 1.82) is 0 Å². The van der Waals surface area contributed by atoms with E-state index in [-0.39, 0.29) is 11.9 Å². The number of hydrogen-bond donors (Lipinski definition) is 2. The highest BCUT2D eigenvalue weighted by atomic mass is 16.2. The summed E-state index contributed by atoms with van der Waals surface area (Å²) in [6, 6.07) is 0.0200. The molecule has 0 aromatic rings. The van der Waals surface area contributed by atoms with Crippen LogP contribution in [-0.2, 0) is 4.79 Å². The summed E-state index contributed by atoms with van der Waals surface area (Å²) in [6.45, 7) is 15.7. The first-order valence-corrected chi connectivity index (χ1v) is 8.09. The summed E-state index contributed by atoms with van der Waals surface area (Å²) < 4.78 is 0. The number of rotatable bonds is 10. The third-order valence-electron chi connectivity index (χ3n) is 3.65. The molecule has 0 aliphatic carbocycles. The summed E-state index contributed by atoms with van der Waals surface area (Å²) in [5.74, 6) is 1.06. The van der Waals surface area contributed by atoms with E-state index in [0.29, 0.717) is 24.4 Å². The highest BCUT2D eigenvalue weighted by Crippen LogP contribution is 2.11. The zero-order valence-electron chi connectivity index (χ0n) is 14.3. The predicted molar refractivity (Wildman–Crippen MR) is 86.6 cm³/mol. The van der Waals surface area contributed by atoms with Crippen molar-refractivity contribution in [3.63, 3.8) is 0 Å². The fourth-order valence-corrected chi connectivity index (χ4v) is 2.61. The summed E-state index contributed by atoms with van der Waals surface area (Å²) in [6.07, 6.45) is 1.84. The maximum absolute atomic E-state index is 12.0. The Balaban J connectivity index is 4.40. The molecule has 0 heterocycles. The molecule has 0 aromatic heterocycles. The van der Waals surface area contributed by atoms with Crippen LogP contribution in [0.3, 0.4) is 0 Å². The van der Waals surface area contributed by atoms with Crippen LogP contribution in [0.15, 0.2) is 0 Å². The quantitative estimate of drug-likeness (QED) is 0.647. The minimum atomic E-state index is -0.383. The number of likely N-dealkylation sites (N-methyl/N-ethyl adjacent to an activating group) is 1. The lowest BCUT2D eigenvalue weighted by atomic mass is 10.0. The van der Waals surface area contributed by atoms with Gasteiger partial charge in [0.25, 0.3) is 0 Å². The monoisotopic (exact) mass is 285 g/mol. The molecular formula is C16H35N3O. The Morgan fingerprint density at radius 2 is 1.55 bits per heavy atom. The fraction of sp³-hybridized carbons (Fsp3) is 0.938. The molecule has 0 radical (unpaired) electrons. The molecule has 1 amide bonds. The largest absolute Gasteiger partial charge is 0.353 e. The molecule has 0 rings (SSSR count). The number of carbonyl (C=O) groups is 1. The standard InChI is InChI=1S/C16H35N3O/c1-7-19(8-2)14(9-12(3)4)11-18-16(20)15(17)10-13(5)6/h12-15H,7-11,17H2,1-6H3,(H,18,20)/t14?,15-/m0/s1.